The summed E-state index contributed by atoms with van der Waals surface area (Å²) in [6.45, 7) is 0. The number of nitroso groups, excluding NO2 is 1. The highest BCUT2D eigenvalue weighted by Crippen LogP contribution is 2.25. The summed E-state index contributed by atoms with van der Waals surface area (Å²) in [6, 6.07) is 0.292. The molecule has 1 aliphatic carbocycles. The van der Waals surface area contributed by atoms with Crippen molar-refractivity contribution in [3.8, 4) is 0 Å². The van der Waals surface area contributed by atoms with Crippen molar-refractivity contribution < 1.29 is 4.79 Å². The zero-order valence-electron chi connectivity index (χ0n) is 7.03. The Balaban J connectivity index is 2.26. The van der Waals surface area contributed by atoms with E-state index in [9.17, 15) is 9.70 Å². The lowest BCUT2D eigenvalue weighted by Crippen LogP contribution is -2.27. The number of rotatable bonds is 2. The van der Waals surface area contributed by atoms with E-state index in [1.54, 1.807) is 0 Å². The first kappa shape index (κ1) is 9.32. The van der Waals surface area contributed by atoms with Gasteiger partial charge in [-0.25, -0.2) is 0 Å². The first-order chi connectivity index (χ1) is 5.72. The number of carbonyl (C=O) groups is 1. The fourth-order valence-corrected chi connectivity index (χ4v) is 1.68. The number of hydrogen-bond donors (Lipinski definition) is 1. The highest BCUT2D eigenvalue weighted by atomic mass is 16.3. The molecule has 0 aromatic rings. The van der Waals surface area contributed by atoms with Crippen molar-refractivity contribution in [2.45, 2.75) is 38.1 Å². The molecule has 1 saturated carbocycles. The summed E-state index contributed by atoms with van der Waals surface area (Å²) in [5, 5.41) is 2.38. The van der Waals surface area contributed by atoms with Gasteiger partial charge in [0.05, 0.1) is 0 Å². The zero-order chi connectivity index (χ0) is 8.97. The van der Waals surface area contributed by atoms with E-state index < -0.39 is 5.91 Å². The molecular formula is C8H14N2O2. The average molecular weight is 170 g/mol. The van der Waals surface area contributed by atoms with Crippen LogP contribution < -0.4 is 5.73 Å². The van der Waals surface area contributed by atoms with Gasteiger partial charge in [-0.3, -0.25) is 4.79 Å². The third kappa shape index (κ3) is 2.70. The van der Waals surface area contributed by atoms with Crippen LogP contribution in [0.3, 0.4) is 0 Å². The maximum absolute atomic E-state index is 10.7. The number of carbonyl (C=O) groups excluding carboxylic acids is 1. The molecular weight excluding hydrogens is 156 g/mol. The van der Waals surface area contributed by atoms with E-state index in [4.69, 9.17) is 5.73 Å². The zero-order valence-corrected chi connectivity index (χ0v) is 7.03. The van der Waals surface area contributed by atoms with Gasteiger partial charge in [-0.2, -0.15) is 0 Å². The smallest absolute Gasteiger partial charge is 0.286 e. The van der Waals surface area contributed by atoms with Gasteiger partial charge >= 0.3 is 0 Å². The van der Waals surface area contributed by atoms with E-state index in [1.165, 1.54) is 0 Å². The van der Waals surface area contributed by atoms with E-state index >= 15 is 0 Å². The summed E-state index contributed by atoms with van der Waals surface area (Å²) in [7, 11) is 0. The van der Waals surface area contributed by atoms with Crippen LogP contribution in [0, 0.1) is 10.8 Å². The maximum atomic E-state index is 10.7. The molecule has 0 aromatic carbocycles. The molecule has 2 N–H and O–H groups in total. The summed E-state index contributed by atoms with van der Waals surface area (Å²) in [5.41, 5.74) is 5.69. The Hall–Kier alpha value is -0.770. The maximum Gasteiger partial charge on any atom is 0.286 e. The predicted octanol–water partition coefficient (Wildman–Crippen LogP) is 1.19. The topological polar surface area (TPSA) is 72.5 Å². The van der Waals surface area contributed by atoms with Gasteiger partial charge in [0.1, 0.15) is 0 Å². The van der Waals surface area contributed by atoms with Crippen molar-refractivity contribution >= 4 is 5.91 Å². The Morgan fingerprint density at radius 1 is 1.33 bits per heavy atom. The molecule has 1 aliphatic rings. The van der Waals surface area contributed by atoms with Crippen LogP contribution in [0.1, 0.15) is 32.1 Å². The van der Waals surface area contributed by atoms with Crippen LogP contribution in [0.25, 0.3) is 0 Å². The number of amides is 1. The highest BCUT2D eigenvalue weighted by molar-refractivity contribution is 5.76. The number of nitrogens with two attached hydrogens (primary N) is 1. The Bertz CT molecular complexity index is 174. The van der Waals surface area contributed by atoms with E-state index in [-0.39, 0.29) is 0 Å². The molecule has 1 fully saturated rings. The summed E-state index contributed by atoms with van der Waals surface area (Å²) < 4.78 is 0. The monoisotopic (exact) mass is 170 g/mol. The molecule has 0 spiro atoms. The Labute approximate surface area is 71.5 Å². The summed E-state index contributed by atoms with van der Waals surface area (Å²) in [4.78, 5) is 20.5. The first-order valence-electron chi connectivity index (χ1n) is 4.34. The molecule has 4 heteroatoms. The van der Waals surface area contributed by atoms with Gasteiger partial charge in [-0.15, -0.1) is 4.91 Å². The lowest BCUT2D eigenvalue weighted by molar-refractivity contribution is -0.119. The summed E-state index contributed by atoms with van der Waals surface area (Å²) in [5.74, 6) is -0.175. The van der Waals surface area contributed by atoms with Gasteiger partial charge < -0.3 is 5.73 Å². The SMILES string of the molecule is NC1CCC(CC(=O)N=O)CC1. The van der Waals surface area contributed by atoms with Gasteiger partial charge in [0.2, 0.25) is 0 Å². The third-order valence-electron chi connectivity index (χ3n) is 2.46. The molecule has 0 radical (unpaired) electrons. The third-order valence-corrected chi connectivity index (χ3v) is 2.46. The van der Waals surface area contributed by atoms with Crippen molar-refractivity contribution in [2.24, 2.45) is 16.8 Å². The fourth-order valence-electron chi connectivity index (χ4n) is 1.68. The van der Waals surface area contributed by atoms with Gasteiger partial charge in [0, 0.05) is 17.6 Å². The van der Waals surface area contributed by atoms with Gasteiger partial charge in [-0.1, -0.05) is 0 Å². The fraction of sp³-hybridized carbons (Fsp3) is 0.875. The minimum absolute atomic E-state index is 0.292. The van der Waals surface area contributed by atoms with E-state index in [1.807, 2.05) is 0 Å². The van der Waals surface area contributed by atoms with Gasteiger partial charge in [0.25, 0.3) is 5.91 Å². The van der Waals surface area contributed by atoms with Gasteiger partial charge in [-0.05, 0) is 31.6 Å². The van der Waals surface area contributed by atoms with Crippen LogP contribution in [0.5, 0.6) is 0 Å². The highest BCUT2D eigenvalue weighted by Gasteiger charge is 2.20. The molecule has 0 aromatic heterocycles. The molecule has 0 heterocycles. The lowest BCUT2D eigenvalue weighted by Gasteiger charge is -2.24. The number of nitrogens with zero attached hydrogens (tertiary/aromatic N) is 1. The summed E-state index contributed by atoms with van der Waals surface area (Å²) in [6.07, 6.45) is 4.18. The molecule has 4 nitrogen and oxygen atoms in total. The average Bonchev–Trinajstić information content (AvgIpc) is 2.09. The van der Waals surface area contributed by atoms with E-state index in [0.717, 1.165) is 25.7 Å². The normalized spacial score (nSPS) is 29.8. The standard InChI is InChI=1S/C8H14N2O2/c9-7-3-1-6(2-4-7)5-8(11)10-12/h6-7H,1-5,9H2. The van der Waals surface area contributed by atoms with Crippen molar-refractivity contribution in [3.05, 3.63) is 4.91 Å². The second-order valence-corrected chi connectivity index (χ2v) is 3.47. The van der Waals surface area contributed by atoms with Crippen molar-refractivity contribution in [1.29, 1.82) is 0 Å². The minimum Gasteiger partial charge on any atom is -0.328 e. The molecule has 0 unspecified atom stereocenters. The first-order valence-corrected chi connectivity index (χ1v) is 4.34. The van der Waals surface area contributed by atoms with Crippen molar-refractivity contribution in [2.75, 3.05) is 0 Å². The van der Waals surface area contributed by atoms with E-state index in [2.05, 4.69) is 5.18 Å². The second-order valence-electron chi connectivity index (χ2n) is 3.47. The molecule has 1 rings (SSSR count). The Morgan fingerprint density at radius 2 is 1.92 bits per heavy atom. The predicted molar refractivity (Wildman–Crippen MR) is 45.4 cm³/mol. The van der Waals surface area contributed by atoms with Crippen LogP contribution in [-0.2, 0) is 4.79 Å². The Kier molecular flexibility index (Phi) is 3.34. The molecule has 12 heavy (non-hydrogen) atoms. The van der Waals surface area contributed by atoms with Gasteiger partial charge in [0.15, 0.2) is 0 Å². The molecule has 0 aliphatic heterocycles. The van der Waals surface area contributed by atoms with Crippen LogP contribution in [-0.4, -0.2) is 11.9 Å². The molecule has 0 saturated heterocycles. The van der Waals surface area contributed by atoms with Crippen LogP contribution in [0.4, 0.5) is 0 Å². The lowest BCUT2D eigenvalue weighted by atomic mass is 9.84. The Morgan fingerprint density at radius 3 is 2.42 bits per heavy atom. The summed E-state index contributed by atoms with van der Waals surface area (Å²) >= 11 is 0. The van der Waals surface area contributed by atoms with Crippen molar-refractivity contribution in [3.63, 3.8) is 0 Å². The van der Waals surface area contributed by atoms with Crippen LogP contribution >= 0.6 is 0 Å². The molecule has 68 valence electrons. The van der Waals surface area contributed by atoms with E-state index in [0.29, 0.717) is 18.4 Å². The number of hydrogen-bond acceptors (Lipinski definition) is 3. The second kappa shape index (κ2) is 4.30. The molecule has 1 amide bonds. The largest absolute Gasteiger partial charge is 0.328 e. The minimum atomic E-state index is -0.518. The van der Waals surface area contributed by atoms with Crippen LogP contribution in [0.2, 0.25) is 0 Å². The van der Waals surface area contributed by atoms with Crippen molar-refractivity contribution in [1.82, 2.24) is 0 Å². The molecule has 0 atom stereocenters. The quantitative estimate of drug-likeness (QED) is 0.632. The van der Waals surface area contributed by atoms with Crippen LogP contribution in [0.15, 0.2) is 5.18 Å². The molecule has 0 bridgehead atoms.